The van der Waals surface area contributed by atoms with E-state index in [0.717, 1.165) is 31.5 Å². The number of carbonyl (C=O) groups excluding carboxylic acids is 2. The Hall–Kier alpha value is -4.59. The van der Waals surface area contributed by atoms with Crippen LogP contribution in [0.4, 0.5) is 15.8 Å². The number of para-hydroxylation sites is 1. The van der Waals surface area contributed by atoms with Crippen LogP contribution in [0.2, 0.25) is 0 Å². The fourth-order valence-corrected chi connectivity index (χ4v) is 5.45. The number of nitrogens with zero attached hydrogens (tertiary/aromatic N) is 2. The standard InChI is InChI=1S/C34H33FN4O4S/c1-22-14-17-43-31(22)34(42)37-27-10-2-6-23(18-27)12-13-25-19-36-20-28(32(25)44)33(41)38-29-11-3-7-24(30(29)40)8-4-15-39-16-5-9-26(35)21-39/h2-3,6-7,10-11,14,17-20,25-26,40H,4-5,8-9,15-16,21H2,1H3,(H,37,42)(H,38,41). The number of phenolic OH excluding ortho intramolecular Hbond substituents is 1. The van der Waals surface area contributed by atoms with Gasteiger partial charge in [0.25, 0.3) is 11.8 Å². The molecule has 3 N–H and O–H groups in total. The van der Waals surface area contributed by atoms with Gasteiger partial charge >= 0.3 is 0 Å². The summed E-state index contributed by atoms with van der Waals surface area (Å²) in [4.78, 5) is 32.3. The highest BCUT2D eigenvalue weighted by Crippen LogP contribution is 2.29. The number of piperidine rings is 1. The number of hydrogen-bond acceptors (Lipinski definition) is 7. The van der Waals surface area contributed by atoms with Crippen LogP contribution < -0.4 is 10.6 Å². The number of amides is 2. The van der Waals surface area contributed by atoms with Gasteiger partial charge in [-0.25, -0.2) is 4.39 Å². The van der Waals surface area contributed by atoms with E-state index in [1.54, 1.807) is 55.6 Å². The van der Waals surface area contributed by atoms with Crippen LogP contribution in [0, 0.1) is 24.7 Å². The van der Waals surface area contributed by atoms with E-state index in [-0.39, 0.29) is 28.7 Å². The first-order valence-electron chi connectivity index (χ1n) is 14.5. The quantitative estimate of drug-likeness (QED) is 0.167. The molecule has 44 heavy (non-hydrogen) atoms. The van der Waals surface area contributed by atoms with E-state index in [4.69, 9.17) is 16.6 Å². The smallest absolute Gasteiger partial charge is 0.291 e. The number of likely N-dealkylation sites (tertiary alicyclic amines) is 1. The second kappa shape index (κ2) is 14.3. The van der Waals surface area contributed by atoms with Crippen LogP contribution in [-0.2, 0) is 11.2 Å². The molecule has 1 fully saturated rings. The minimum Gasteiger partial charge on any atom is -0.505 e. The van der Waals surface area contributed by atoms with Gasteiger partial charge in [0.15, 0.2) is 5.76 Å². The first-order chi connectivity index (χ1) is 21.3. The summed E-state index contributed by atoms with van der Waals surface area (Å²) in [5.41, 5.74) is 3.10. The van der Waals surface area contributed by atoms with Crippen LogP contribution in [0.25, 0.3) is 0 Å². The zero-order chi connectivity index (χ0) is 31.1. The first kappa shape index (κ1) is 30.9. The summed E-state index contributed by atoms with van der Waals surface area (Å²) in [5.74, 6) is 4.91. The van der Waals surface area contributed by atoms with E-state index in [1.165, 1.54) is 12.5 Å². The largest absolute Gasteiger partial charge is 0.505 e. The number of alkyl halides is 1. The lowest BCUT2D eigenvalue weighted by molar-refractivity contribution is -0.112. The van der Waals surface area contributed by atoms with Gasteiger partial charge in [0, 0.05) is 40.6 Å². The maximum absolute atomic E-state index is 13.7. The van der Waals surface area contributed by atoms with Gasteiger partial charge in [-0.3, -0.25) is 14.6 Å². The minimum absolute atomic E-state index is 0.000728. The highest BCUT2D eigenvalue weighted by atomic mass is 32.1. The van der Waals surface area contributed by atoms with Crippen molar-refractivity contribution < 1.29 is 23.5 Å². The Morgan fingerprint density at radius 3 is 2.82 bits per heavy atom. The summed E-state index contributed by atoms with van der Waals surface area (Å²) < 4.78 is 18.9. The number of aromatic hydroxyl groups is 1. The van der Waals surface area contributed by atoms with E-state index in [1.807, 2.05) is 6.07 Å². The van der Waals surface area contributed by atoms with Crippen molar-refractivity contribution in [1.82, 2.24) is 4.90 Å². The molecule has 0 aliphatic carbocycles. The van der Waals surface area contributed by atoms with Crippen molar-refractivity contribution in [3.63, 3.8) is 0 Å². The van der Waals surface area contributed by atoms with Gasteiger partial charge in [0.1, 0.15) is 11.9 Å². The highest BCUT2D eigenvalue weighted by Gasteiger charge is 2.24. The number of anilines is 2. The molecule has 10 heteroatoms. The number of furan rings is 1. The predicted octanol–water partition coefficient (Wildman–Crippen LogP) is 5.86. The van der Waals surface area contributed by atoms with E-state index >= 15 is 0 Å². The lowest BCUT2D eigenvalue weighted by atomic mass is 9.97. The fraction of sp³-hybridized carbons (Fsp3) is 0.294. The van der Waals surface area contributed by atoms with Crippen molar-refractivity contribution in [2.45, 2.75) is 38.8 Å². The van der Waals surface area contributed by atoms with E-state index in [9.17, 15) is 19.1 Å². The molecule has 2 aromatic carbocycles. The molecule has 3 aromatic rings. The van der Waals surface area contributed by atoms with Crippen molar-refractivity contribution in [1.29, 1.82) is 0 Å². The number of nitrogens with one attached hydrogen (secondary N) is 2. The molecule has 0 spiro atoms. The zero-order valence-electron chi connectivity index (χ0n) is 24.3. The maximum Gasteiger partial charge on any atom is 0.291 e. The summed E-state index contributed by atoms with van der Waals surface area (Å²) >= 11 is 5.60. The molecule has 2 atom stereocenters. The topological polar surface area (TPSA) is 107 Å². The number of aryl methyl sites for hydroxylation is 2. The number of carbonyl (C=O) groups is 2. The second-order valence-electron chi connectivity index (χ2n) is 10.8. The molecule has 2 aliphatic rings. The van der Waals surface area contributed by atoms with Crippen molar-refractivity contribution >= 4 is 46.5 Å². The Bertz CT molecular complexity index is 1690. The number of rotatable bonds is 8. The third kappa shape index (κ3) is 7.67. The van der Waals surface area contributed by atoms with Gasteiger partial charge in [0.05, 0.1) is 23.4 Å². The van der Waals surface area contributed by atoms with Crippen LogP contribution in [0.3, 0.4) is 0 Å². The average Bonchev–Trinajstić information content (AvgIpc) is 3.44. The molecular weight excluding hydrogens is 579 g/mol. The molecule has 226 valence electrons. The van der Waals surface area contributed by atoms with Crippen molar-refractivity contribution in [2.24, 2.45) is 10.9 Å². The predicted molar refractivity (Wildman–Crippen MR) is 173 cm³/mol. The Kier molecular flexibility index (Phi) is 10.00. The lowest BCUT2D eigenvalue weighted by Crippen LogP contribution is -2.37. The van der Waals surface area contributed by atoms with Gasteiger partial charge in [-0.05, 0) is 81.6 Å². The molecule has 0 radical (unpaired) electrons. The van der Waals surface area contributed by atoms with Gasteiger partial charge < -0.3 is 25.1 Å². The number of aliphatic imine (C=N–C) groups is 1. The van der Waals surface area contributed by atoms with Crippen LogP contribution >= 0.6 is 12.2 Å². The zero-order valence-corrected chi connectivity index (χ0v) is 25.1. The fourth-order valence-electron chi connectivity index (χ4n) is 5.18. The maximum atomic E-state index is 13.7. The van der Waals surface area contributed by atoms with Crippen LogP contribution in [0.1, 0.15) is 46.5 Å². The molecule has 2 unspecified atom stereocenters. The molecule has 1 aromatic heterocycles. The molecule has 0 saturated carbocycles. The number of phenols is 1. The van der Waals surface area contributed by atoms with Gasteiger partial charge in [-0.2, -0.15) is 0 Å². The monoisotopic (exact) mass is 612 g/mol. The Labute approximate surface area is 261 Å². The summed E-state index contributed by atoms with van der Waals surface area (Å²) in [7, 11) is 0. The van der Waals surface area contributed by atoms with Crippen molar-refractivity contribution in [3.05, 3.63) is 89.0 Å². The Balaban J connectivity index is 1.19. The third-order valence-corrected chi connectivity index (χ3v) is 8.00. The first-order valence-corrected chi connectivity index (χ1v) is 14.9. The SMILES string of the molecule is Cc1ccoc1C(=O)Nc1cccc(C#CC2C=NC=C(C(=O)Nc3cccc(CCCN4CCCC(F)C4)c3O)C2=S)c1. The average molecular weight is 613 g/mol. The van der Waals surface area contributed by atoms with E-state index < -0.39 is 18.0 Å². The van der Waals surface area contributed by atoms with Crippen LogP contribution in [0.15, 0.2) is 76.0 Å². The van der Waals surface area contributed by atoms with Gasteiger partial charge in [-0.15, -0.1) is 0 Å². The van der Waals surface area contributed by atoms with Gasteiger partial charge in [0.2, 0.25) is 0 Å². The molecule has 3 heterocycles. The lowest BCUT2D eigenvalue weighted by Gasteiger charge is -2.28. The number of halogens is 1. The second-order valence-corrected chi connectivity index (χ2v) is 11.3. The molecule has 2 amide bonds. The number of thiocarbonyl (C=S) groups is 1. The molecule has 0 bridgehead atoms. The highest BCUT2D eigenvalue weighted by molar-refractivity contribution is 7.81. The normalized spacial score (nSPS) is 18.2. The molecule has 8 nitrogen and oxygen atoms in total. The summed E-state index contributed by atoms with van der Waals surface area (Å²) in [6, 6.07) is 14.0. The Morgan fingerprint density at radius 2 is 2.02 bits per heavy atom. The number of benzene rings is 2. The summed E-state index contributed by atoms with van der Waals surface area (Å²) in [6.45, 7) is 3.89. The van der Waals surface area contributed by atoms with E-state index in [0.29, 0.717) is 41.1 Å². The molecule has 1 saturated heterocycles. The van der Waals surface area contributed by atoms with Crippen molar-refractivity contribution in [3.8, 4) is 17.6 Å². The van der Waals surface area contributed by atoms with Crippen LogP contribution in [0.5, 0.6) is 5.75 Å². The third-order valence-electron chi connectivity index (χ3n) is 7.53. The minimum atomic E-state index is -0.770. The summed E-state index contributed by atoms with van der Waals surface area (Å²) in [6.07, 6.45) is 6.51. The number of hydrogen-bond donors (Lipinski definition) is 3. The molecule has 2 aliphatic heterocycles. The Morgan fingerprint density at radius 1 is 1.18 bits per heavy atom. The van der Waals surface area contributed by atoms with Crippen molar-refractivity contribution in [2.75, 3.05) is 30.3 Å². The summed E-state index contributed by atoms with van der Waals surface area (Å²) in [5, 5.41) is 16.4. The van der Waals surface area contributed by atoms with Crippen LogP contribution in [-0.4, -0.2) is 58.7 Å². The van der Waals surface area contributed by atoms with Gasteiger partial charge in [-0.1, -0.05) is 42.3 Å². The van der Waals surface area contributed by atoms with E-state index in [2.05, 4.69) is 32.4 Å². The molecule has 5 rings (SSSR count). The molecular formula is C34H33FN4O4S.